The number of rotatable bonds is 5. The van der Waals surface area contributed by atoms with Crippen LogP contribution in [-0.4, -0.2) is 28.2 Å². The molecule has 0 aliphatic carbocycles. The Morgan fingerprint density at radius 3 is 2.59 bits per heavy atom. The Bertz CT molecular complexity index is 1160. The average Bonchev–Trinajstić information content (AvgIpc) is 2.78. The molecule has 29 heavy (non-hydrogen) atoms. The molecule has 0 atom stereocenters. The van der Waals surface area contributed by atoms with Gasteiger partial charge in [-0.05, 0) is 29.3 Å². The number of hydrogen-bond donors (Lipinski definition) is 1. The Kier molecular flexibility index (Phi) is 5.07. The predicted molar refractivity (Wildman–Crippen MR) is 109 cm³/mol. The van der Waals surface area contributed by atoms with Gasteiger partial charge in [-0.2, -0.15) is 0 Å². The first-order valence-electron chi connectivity index (χ1n) is 8.99. The molecule has 0 saturated carbocycles. The summed E-state index contributed by atoms with van der Waals surface area (Å²) in [6, 6.07) is 18.4. The molecule has 0 saturated heterocycles. The van der Waals surface area contributed by atoms with Crippen molar-refractivity contribution in [1.29, 1.82) is 0 Å². The molecule has 0 amide bonds. The average molecular weight is 386 g/mol. The highest BCUT2D eigenvalue weighted by atomic mass is 16.5. The number of fused-ring (bicyclic) bond motifs is 1. The van der Waals surface area contributed by atoms with Crippen LogP contribution in [0.1, 0.15) is 16.1 Å². The lowest BCUT2D eigenvalue weighted by Gasteiger charge is -2.13. The van der Waals surface area contributed by atoms with E-state index in [0.717, 1.165) is 16.7 Å². The second-order valence-corrected chi connectivity index (χ2v) is 6.40. The number of carbonyl (C=O) groups is 1. The number of methoxy groups -OCH3 is 1. The Labute approximate surface area is 167 Å². The van der Waals surface area contributed by atoms with Crippen molar-refractivity contribution in [2.45, 2.75) is 6.61 Å². The van der Waals surface area contributed by atoms with E-state index in [1.54, 1.807) is 18.5 Å². The van der Waals surface area contributed by atoms with Gasteiger partial charge in [0.15, 0.2) is 5.69 Å². The van der Waals surface area contributed by atoms with E-state index in [-0.39, 0.29) is 11.4 Å². The Hall–Kier alpha value is -3.93. The second kappa shape index (κ2) is 7.98. The van der Waals surface area contributed by atoms with Gasteiger partial charge >= 0.3 is 5.97 Å². The maximum absolute atomic E-state index is 11.9. The summed E-state index contributed by atoms with van der Waals surface area (Å²) in [5, 5.41) is 11.0. The molecule has 0 aliphatic rings. The SMILES string of the molecule is COC(=O)c1cc(O)c2cc(-c3cccnc3)cc(OCc3ccccc3)c2n1. The summed E-state index contributed by atoms with van der Waals surface area (Å²) in [6.45, 7) is 0.317. The number of nitrogens with zero attached hydrogens (tertiary/aromatic N) is 2. The molecule has 1 N–H and O–H groups in total. The number of aromatic hydroxyl groups is 1. The molecule has 2 aromatic heterocycles. The van der Waals surface area contributed by atoms with E-state index in [4.69, 9.17) is 9.47 Å². The smallest absolute Gasteiger partial charge is 0.356 e. The van der Waals surface area contributed by atoms with Crippen molar-refractivity contribution in [3.8, 4) is 22.6 Å². The van der Waals surface area contributed by atoms with Gasteiger partial charge in [0.2, 0.25) is 0 Å². The fourth-order valence-electron chi connectivity index (χ4n) is 3.03. The molecule has 0 bridgehead atoms. The minimum Gasteiger partial charge on any atom is -0.507 e. The molecule has 6 heteroatoms. The minimum absolute atomic E-state index is 0.0104. The van der Waals surface area contributed by atoms with Gasteiger partial charge in [-0.1, -0.05) is 36.4 Å². The van der Waals surface area contributed by atoms with Gasteiger partial charge in [-0.15, -0.1) is 0 Å². The highest BCUT2D eigenvalue weighted by Crippen LogP contribution is 2.36. The summed E-state index contributed by atoms with van der Waals surface area (Å²) in [6.07, 6.45) is 3.43. The van der Waals surface area contributed by atoms with E-state index in [1.807, 2.05) is 48.5 Å². The van der Waals surface area contributed by atoms with Crippen molar-refractivity contribution in [3.05, 3.63) is 84.3 Å². The van der Waals surface area contributed by atoms with E-state index >= 15 is 0 Å². The molecule has 0 fully saturated rings. The summed E-state index contributed by atoms with van der Waals surface area (Å²) >= 11 is 0. The first kappa shape index (κ1) is 18.4. The van der Waals surface area contributed by atoms with Crippen LogP contribution >= 0.6 is 0 Å². The van der Waals surface area contributed by atoms with Gasteiger partial charge in [0, 0.05) is 29.4 Å². The first-order chi connectivity index (χ1) is 14.2. The van der Waals surface area contributed by atoms with Crippen LogP contribution in [0.5, 0.6) is 11.5 Å². The largest absolute Gasteiger partial charge is 0.507 e. The molecule has 4 aromatic rings. The fourth-order valence-corrected chi connectivity index (χ4v) is 3.03. The summed E-state index contributed by atoms with van der Waals surface area (Å²) < 4.78 is 10.8. The maximum atomic E-state index is 11.9. The second-order valence-electron chi connectivity index (χ2n) is 6.40. The summed E-state index contributed by atoms with van der Waals surface area (Å²) in [4.78, 5) is 20.5. The van der Waals surface area contributed by atoms with Crippen LogP contribution in [0.25, 0.3) is 22.0 Å². The van der Waals surface area contributed by atoms with Gasteiger partial charge in [-0.25, -0.2) is 9.78 Å². The molecule has 144 valence electrons. The van der Waals surface area contributed by atoms with Crippen LogP contribution in [0.15, 0.2) is 73.1 Å². The Balaban J connectivity index is 1.86. The monoisotopic (exact) mass is 386 g/mol. The van der Waals surface area contributed by atoms with E-state index in [1.165, 1.54) is 13.2 Å². The van der Waals surface area contributed by atoms with Crippen molar-refractivity contribution in [3.63, 3.8) is 0 Å². The molecule has 0 unspecified atom stereocenters. The predicted octanol–water partition coefficient (Wildman–Crippen LogP) is 4.37. The molecule has 0 aliphatic heterocycles. The third kappa shape index (κ3) is 3.87. The molecule has 2 heterocycles. The number of carbonyl (C=O) groups excluding carboxylic acids is 1. The van der Waals surface area contributed by atoms with Crippen LogP contribution in [0.4, 0.5) is 0 Å². The van der Waals surface area contributed by atoms with E-state index in [0.29, 0.717) is 23.3 Å². The van der Waals surface area contributed by atoms with Gasteiger partial charge in [0.1, 0.15) is 23.6 Å². The number of esters is 1. The summed E-state index contributed by atoms with van der Waals surface area (Å²) in [5.41, 5.74) is 3.07. The van der Waals surface area contributed by atoms with Crippen LogP contribution in [0, 0.1) is 0 Å². The zero-order valence-electron chi connectivity index (χ0n) is 15.7. The van der Waals surface area contributed by atoms with E-state index in [9.17, 15) is 9.90 Å². The third-order valence-electron chi connectivity index (χ3n) is 4.48. The normalized spacial score (nSPS) is 10.7. The first-order valence-corrected chi connectivity index (χ1v) is 8.99. The summed E-state index contributed by atoms with van der Waals surface area (Å²) in [5.74, 6) is -0.260. The lowest BCUT2D eigenvalue weighted by molar-refractivity contribution is 0.0594. The molecule has 0 spiro atoms. The third-order valence-corrected chi connectivity index (χ3v) is 4.48. The van der Waals surface area contributed by atoms with Crippen molar-refractivity contribution >= 4 is 16.9 Å². The lowest BCUT2D eigenvalue weighted by Crippen LogP contribution is -2.05. The fraction of sp³-hybridized carbons (Fsp3) is 0.0870. The van der Waals surface area contributed by atoms with Crippen LogP contribution in [0.2, 0.25) is 0 Å². The van der Waals surface area contributed by atoms with Crippen molar-refractivity contribution < 1.29 is 19.4 Å². The molecule has 2 aromatic carbocycles. The zero-order chi connectivity index (χ0) is 20.2. The number of aromatic nitrogens is 2. The van der Waals surface area contributed by atoms with Gasteiger partial charge in [0.05, 0.1) is 7.11 Å². The Morgan fingerprint density at radius 1 is 1.03 bits per heavy atom. The van der Waals surface area contributed by atoms with Crippen LogP contribution in [-0.2, 0) is 11.3 Å². The Morgan fingerprint density at radius 2 is 1.86 bits per heavy atom. The van der Waals surface area contributed by atoms with Crippen LogP contribution < -0.4 is 4.74 Å². The van der Waals surface area contributed by atoms with E-state index in [2.05, 4.69) is 9.97 Å². The van der Waals surface area contributed by atoms with Crippen molar-refractivity contribution in [2.24, 2.45) is 0 Å². The minimum atomic E-state index is -0.632. The van der Waals surface area contributed by atoms with E-state index < -0.39 is 5.97 Å². The number of ether oxygens (including phenoxy) is 2. The standard InChI is InChI=1S/C23H18N2O4/c1-28-23(27)19-12-20(26)18-10-17(16-8-5-9-24-13-16)11-21(22(18)25-19)29-14-15-6-3-2-4-7-15/h2-13H,14H2,1H3,(H,25,26). The van der Waals surface area contributed by atoms with Crippen molar-refractivity contribution in [2.75, 3.05) is 7.11 Å². The quantitative estimate of drug-likeness (QED) is 0.513. The number of benzene rings is 2. The topological polar surface area (TPSA) is 81.5 Å². The van der Waals surface area contributed by atoms with Gasteiger partial charge in [-0.3, -0.25) is 4.98 Å². The highest BCUT2D eigenvalue weighted by Gasteiger charge is 2.17. The zero-order valence-corrected chi connectivity index (χ0v) is 15.7. The molecule has 0 radical (unpaired) electrons. The molecular formula is C23H18N2O4. The lowest BCUT2D eigenvalue weighted by atomic mass is 10.0. The van der Waals surface area contributed by atoms with Crippen LogP contribution in [0.3, 0.4) is 0 Å². The molecule has 4 rings (SSSR count). The maximum Gasteiger partial charge on any atom is 0.356 e. The highest BCUT2D eigenvalue weighted by molar-refractivity contribution is 5.98. The van der Waals surface area contributed by atoms with Gasteiger partial charge in [0.25, 0.3) is 0 Å². The number of hydrogen-bond acceptors (Lipinski definition) is 6. The summed E-state index contributed by atoms with van der Waals surface area (Å²) in [7, 11) is 1.27. The number of pyridine rings is 2. The van der Waals surface area contributed by atoms with Crippen molar-refractivity contribution in [1.82, 2.24) is 9.97 Å². The van der Waals surface area contributed by atoms with Gasteiger partial charge < -0.3 is 14.6 Å². The molecular weight excluding hydrogens is 368 g/mol. The molecule has 6 nitrogen and oxygen atoms in total.